The Kier molecular flexibility index (Phi) is 4.29. The fraction of sp³-hybridized carbons (Fsp3) is 0.833. The van der Waals surface area contributed by atoms with E-state index in [1.807, 2.05) is 0 Å². The van der Waals surface area contributed by atoms with Gasteiger partial charge in [0, 0.05) is 12.5 Å². The third-order valence-electron chi connectivity index (χ3n) is 9.53. The molecule has 7 atom stereocenters. The van der Waals surface area contributed by atoms with Crippen LogP contribution in [0.3, 0.4) is 0 Å². The molecule has 3 N–H and O–H groups in total. The maximum Gasteiger partial charge on any atom is 0.0924 e. The van der Waals surface area contributed by atoms with E-state index < -0.39 is 0 Å². The van der Waals surface area contributed by atoms with E-state index in [1.165, 1.54) is 36.8 Å². The maximum atomic E-state index is 11.0. The summed E-state index contributed by atoms with van der Waals surface area (Å²) in [5.41, 5.74) is 3.42. The lowest BCUT2D eigenvalue weighted by molar-refractivity contribution is -0.0310. The van der Waals surface area contributed by atoms with Crippen LogP contribution in [0.25, 0.3) is 0 Å². The summed E-state index contributed by atoms with van der Waals surface area (Å²) in [5, 5.41) is 24.8. The van der Waals surface area contributed by atoms with Crippen molar-refractivity contribution in [3.8, 4) is 0 Å². The molecule has 1 heterocycles. The molecule has 5 aliphatic rings. The van der Waals surface area contributed by atoms with E-state index >= 15 is 0 Å². The molecule has 0 bridgehead atoms. The first-order chi connectivity index (χ1) is 12.9. The summed E-state index contributed by atoms with van der Waals surface area (Å²) in [6.45, 7) is 6.09. The highest BCUT2D eigenvalue weighted by atomic mass is 16.3. The smallest absolute Gasteiger partial charge is 0.0924 e. The molecule has 4 aliphatic carbocycles. The van der Waals surface area contributed by atoms with E-state index in [1.54, 1.807) is 0 Å². The number of hydrogen-bond donors (Lipinski definition) is 3. The van der Waals surface area contributed by atoms with Gasteiger partial charge in [0.15, 0.2) is 0 Å². The van der Waals surface area contributed by atoms with Crippen molar-refractivity contribution in [2.24, 2.45) is 28.6 Å². The van der Waals surface area contributed by atoms with Gasteiger partial charge >= 0.3 is 0 Å². The molecule has 2 saturated carbocycles. The van der Waals surface area contributed by atoms with Crippen LogP contribution in [0.5, 0.6) is 0 Å². The molecule has 0 aromatic rings. The Hall–Kier alpha value is -0.800. The molecule has 1 saturated heterocycles. The standard InChI is InChI=1S/C24H37NO2/c1-23-9-7-17(26)12-15(23)5-6-18-19(23)8-10-24(2)20(18)14-22(27)21(24)13-16-4-3-11-25-16/h5,16-20,25-27H,3-4,6-14H2,1-2H3/t16?,17?,18-,19+,20+,23+,24+/m1/s1. The van der Waals surface area contributed by atoms with Gasteiger partial charge in [-0.05, 0) is 98.5 Å². The van der Waals surface area contributed by atoms with Crippen LogP contribution in [-0.2, 0) is 0 Å². The lowest BCUT2D eigenvalue weighted by atomic mass is 9.47. The number of aliphatic hydroxyl groups excluding tert-OH is 2. The van der Waals surface area contributed by atoms with Gasteiger partial charge in [-0.15, -0.1) is 0 Å². The lowest BCUT2D eigenvalue weighted by Gasteiger charge is -2.57. The Morgan fingerprint density at radius 2 is 1.89 bits per heavy atom. The first-order valence-corrected chi connectivity index (χ1v) is 11.4. The average Bonchev–Trinajstić information content (AvgIpc) is 3.23. The molecule has 27 heavy (non-hydrogen) atoms. The molecule has 0 spiro atoms. The average molecular weight is 372 g/mol. The fourth-order valence-electron chi connectivity index (χ4n) is 7.90. The number of aliphatic hydroxyl groups is 2. The molecule has 1 aliphatic heterocycles. The summed E-state index contributed by atoms with van der Waals surface area (Å²) in [6.07, 6.45) is 13.5. The van der Waals surface area contributed by atoms with Crippen molar-refractivity contribution >= 4 is 0 Å². The number of hydrogen-bond acceptors (Lipinski definition) is 3. The summed E-state index contributed by atoms with van der Waals surface area (Å²) < 4.78 is 0. The van der Waals surface area contributed by atoms with E-state index in [4.69, 9.17) is 0 Å². The normalized spacial score (nSPS) is 49.4. The molecule has 150 valence electrons. The van der Waals surface area contributed by atoms with Crippen LogP contribution in [-0.4, -0.2) is 28.9 Å². The van der Waals surface area contributed by atoms with Crippen molar-refractivity contribution in [3.05, 3.63) is 23.0 Å². The molecule has 0 amide bonds. The van der Waals surface area contributed by atoms with Crippen molar-refractivity contribution in [2.45, 2.75) is 90.2 Å². The minimum Gasteiger partial charge on any atom is -0.512 e. The highest BCUT2D eigenvalue weighted by Gasteiger charge is 2.58. The molecule has 0 aromatic carbocycles. The summed E-state index contributed by atoms with van der Waals surface area (Å²) in [6, 6.07) is 0.575. The van der Waals surface area contributed by atoms with Crippen molar-refractivity contribution in [2.75, 3.05) is 6.54 Å². The van der Waals surface area contributed by atoms with Crippen molar-refractivity contribution in [3.63, 3.8) is 0 Å². The predicted octanol–water partition coefficient (Wildman–Crippen LogP) is 4.87. The molecule has 3 fully saturated rings. The highest BCUT2D eigenvalue weighted by Crippen LogP contribution is 2.66. The van der Waals surface area contributed by atoms with Gasteiger partial charge in [-0.25, -0.2) is 0 Å². The van der Waals surface area contributed by atoms with E-state index in [9.17, 15) is 10.2 Å². The summed E-state index contributed by atoms with van der Waals surface area (Å²) in [7, 11) is 0. The Morgan fingerprint density at radius 3 is 2.67 bits per heavy atom. The van der Waals surface area contributed by atoms with Crippen LogP contribution in [0.1, 0.15) is 78.1 Å². The molecule has 0 aromatic heterocycles. The molecular weight excluding hydrogens is 334 g/mol. The zero-order chi connectivity index (χ0) is 18.8. The SMILES string of the molecule is C[C@]12CCC(O)CC1=CC[C@@H]1[C@@H]2CC[C@]2(C)C(CC3CCCN3)=C(O)C[C@@H]12. The van der Waals surface area contributed by atoms with Crippen molar-refractivity contribution in [1.82, 2.24) is 5.32 Å². The Labute approximate surface area is 164 Å². The second kappa shape index (κ2) is 6.35. The quantitative estimate of drug-likeness (QED) is 0.607. The summed E-state index contributed by atoms with van der Waals surface area (Å²) >= 11 is 0. The monoisotopic (exact) mass is 371 g/mol. The van der Waals surface area contributed by atoms with Crippen LogP contribution >= 0.6 is 0 Å². The van der Waals surface area contributed by atoms with Gasteiger partial charge in [-0.2, -0.15) is 0 Å². The van der Waals surface area contributed by atoms with Gasteiger partial charge in [-0.1, -0.05) is 25.5 Å². The number of nitrogens with one attached hydrogen (secondary N) is 1. The first kappa shape index (κ1) is 18.2. The topological polar surface area (TPSA) is 52.5 Å². The zero-order valence-electron chi connectivity index (χ0n) is 17.1. The van der Waals surface area contributed by atoms with Crippen LogP contribution in [0.4, 0.5) is 0 Å². The van der Waals surface area contributed by atoms with Crippen molar-refractivity contribution < 1.29 is 10.2 Å². The number of allylic oxidation sites excluding steroid dienone is 2. The second-order valence-electron chi connectivity index (χ2n) is 10.7. The van der Waals surface area contributed by atoms with E-state index in [0.29, 0.717) is 17.9 Å². The van der Waals surface area contributed by atoms with Crippen molar-refractivity contribution in [1.29, 1.82) is 0 Å². The van der Waals surface area contributed by atoms with Crippen LogP contribution in [0.2, 0.25) is 0 Å². The Bertz CT molecular complexity index is 676. The first-order valence-electron chi connectivity index (χ1n) is 11.4. The molecule has 3 heteroatoms. The molecular formula is C24H37NO2. The van der Waals surface area contributed by atoms with E-state index in [-0.39, 0.29) is 16.9 Å². The Balaban J connectivity index is 1.42. The molecule has 5 rings (SSSR count). The largest absolute Gasteiger partial charge is 0.512 e. The number of rotatable bonds is 2. The van der Waals surface area contributed by atoms with Crippen LogP contribution < -0.4 is 5.32 Å². The Morgan fingerprint density at radius 1 is 1.07 bits per heavy atom. The van der Waals surface area contributed by atoms with Gasteiger partial charge in [0.25, 0.3) is 0 Å². The fourth-order valence-corrected chi connectivity index (χ4v) is 7.90. The van der Waals surface area contributed by atoms with E-state index in [2.05, 4.69) is 25.2 Å². The van der Waals surface area contributed by atoms with Crippen LogP contribution in [0, 0.1) is 28.6 Å². The lowest BCUT2D eigenvalue weighted by Crippen LogP contribution is -2.50. The number of fused-ring (bicyclic) bond motifs is 5. The van der Waals surface area contributed by atoms with E-state index in [0.717, 1.165) is 56.7 Å². The minimum atomic E-state index is -0.127. The molecule has 2 unspecified atom stereocenters. The zero-order valence-corrected chi connectivity index (χ0v) is 17.1. The third kappa shape index (κ3) is 2.68. The summed E-state index contributed by atoms with van der Waals surface area (Å²) in [5.74, 6) is 2.77. The summed E-state index contributed by atoms with van der Waals surface area (Å²) in [4.78, 5) is 0. The highest BCUT2D eigenvalue weighted by molar-refractivity contribution is 5.32. The van der Waals surface area contributed by atoms with Gasteiger partial charge in [0.1, 0.15) is 0 Å². The second-order valence-corrected chi connectivity index (χ2v) is 10.7. The van der Waals surface area contributed by atoms with Gasteiger partial charge in [0.2, 0.25) is 0 Å². The van der Waals surface area contributed by atoms with Gasteiger partial charge < -0.3 is 15.5 Å². The predicted molar refractivity (Wildman–Crippen MR) is 108 cm³/mol. The van der Waals surface area contributed by atoms with Crippen LogP contribution in [0.15, 0.2) is 23.0 Å². The minimum absolute atomic E-state index is 0.127. The third-order valence-corrected chi connectivity index (χ3v) is 9.53. The maximum absolute atomic E-state index is 11.0. The van der Waals surface area contributed by atoms with Gasteiger partial charge in [0.05, 0.1) is 11.9 Å². The molecule has 0 radical (unpaired) electrons. The molecule has 3 nitrogen and oxygen atoms in total. The van der Waals surface area contributed by atoms with Gasteiger partial charge in [-0.3, -0.25) is 0 Å².